The number of nitrogens with two attached hydrogens (primary N) is 1. The first-order chi connectivity index (χ1) is 9.13. The van der Waals surface area contributed by atoms with Gasteiger partial charge in [0.1, 0.15) is 23.2 Å². The summed E-state index contributed by atoms with van der Waals surface area (Å²) in [4.78, 5) is 11.1. The summed E-state index contributed by atoms with van der Waals surface area (Å²) < 4.78 is 19.3. The number of hydrogen-bond acceptors (Lipinski definition) is 3. The Kier molecular flexibility index (Phi) is 4.37. The molecule has 1 aromatic rings. The monoisotopic (exact) mass is 267 g/mol. The average Bonchev–Trinajstić information content (AvgIpc) is 2.39. The van der Waals surface area contributed by atoms with E-state index >= 15 is 0 Å². The first-order valence-corrected chi connectivity index (χ1v) is 6.52. The lowest BCUT2D eigenvalue weighted by atomic mass is 9.86. The predicted octanol–water partition coefficient (Wildman–Crippen LogP) is 2.42. The number of carboxylic acids is 1. The number of aromatic carboxylic acids is 1. The fraction of sp³-hybridized carbons (Fsp3) is 0.500. The molecule has 104 valence electrons. The van der Waals surface area contributed by atoms with Crippen LogP contribution in [0, 0.1) is 11.7 Å². The van der Waals surface area contributed by atoms with Gasteiger partial charge >= 0.3 is 5.97 Å². The minimum absolute atomic E-state index is 0.0952. The number of rotatable bonds is 4. The minimum Gasteiger partial charge on any atom is -0.489 e. The fourth-order valence-electron chi connectivity index (χ4n) is 2.57. The summed E-state index contributed by atoms with van der Waals surface area (Å²) in [6.45, 7) is 0.502. The quantitative estimate of drug-likeness (QED) is 0.878. The van der Waals surface area contributed by atoms with Crippen LogP contribution in [0.1, 0.15) is 36.0 Å². The highest BCUT2D eigenvalue weighted by Gasteiger charge is 2.27. The number of benzene rings is 1. The van der Waals surface area contributed by atoms with E-state index in [1.54, 1.807) is 0 Å². The molecule has 2 unspecified atom stereocenters. The van der Waals surface area contributed by atoms with Gasteiger partial charge in [-0.2, -0.15) is 0 Å². The normalized spacial score (nSPS) is 23.1. The standard InChI is InChI=1S/C14H18FNO3/c15-10-5-3-7-12(13(10)14(17)18)19-11-6-2-1-4-9(11)8-16/h3,5,7,9,11H,1-2,4,6,8,16H2,(H,17,18). The van der Waals surface area contributed by atoms with Gasteiger partial charge in [-0.1, -0.05) is 12.5 Å². The van der Waals surface area contributed by atoms with Crippen LogP contribution in [0.15, 0.2) is 18.2 Å². The number of carbonyl (C=O) groups is 1. The molecule has 2 rings (SSSR count). The molecule has 3 N–H and O–H groups in total. The summed E-state index contributed by atoms with van der Waals surface area (Å²) in [6.07, 6.45) is 3.81. The second kappa shape index (κ2) is 6.02. The van der Waals surface area contributed by atoms with Crippen LogP contribution in [0.4, 0.5) is 4.39 Å². The molecule has 1 fully saturated rings. The van der Waals surface area contributed by atoms with E-state index in [1.807, 2.05) is 0 Å². The van der Waals surface area contributed by atoms with E-state index in [0.717, 1.165) is 31.7 Å². The highest BCUT2D eigenvalue weighted by atomic mass is 19.1. The van der Waals surface area contributed by atoms with Crippen LogP contribution < -0.4 is 10.5 Å². The van der Waals surface area contributed by atoms with Crippen LogP contribution in [0.25, 0.3) is 0 Å². The summed E-state index contributed by atoms with van der Waals surface area (Å²) in [5, 5.41) is 9.05. The summed E-state index contributed by atoms with van der Waals surface area (Å²) in [5.74, 6) is -1.78. The van der Waals surface area contributed by atoms with Crippen molar-refractivity contribution in [2.45, 2.75) is 31.8 Å². The van der Waals surface area contributed by atoms with Gasteiger partial charge in [-0.05, 0) is 37.9 Å². The zero-order valence-corrected chi connectivity index (χ0v) is 10.6. The van der Waals surface area contributed by atoms with Crippen molar-refractivity contribution < 1.29 is 19.0 Å². The Hall–Kier alpha value is -1.62. The van der Waals surface area contributed by atoms with Gasteiger partial charge in [-0.25, -0.2) is 9.18 Å². The van der Waals surface area contributed by atoms with Crippen molar-refractivity contribution in [2.24, 2.45) is 11.7 Å². The van der Waals surface area contributed by atoms with Gasteiger partial charge in [0.25, 0.3) is 0 Å². The summed E-state index contributed by atoms with van der Waals surface area (Å²) in [5.41, 5.74) is 5.31. The van der Waals surface area contributed by atoms with Crippen LogP contribution >= 0.6 is 0 Å². The smallest absolute Gasteiger partial charge is 0.342 e. The maximum absolute atomic E-state index is 13.5. The van der Waals surface area contributed by atoms with Crippen LogP contribution in [-0.2, 0) is 0 Å². The lowest BCUT2D eigenvalue weighted by Crippen LogP contribution is -2.35. The van der Waals surface area contributed by atoms with E-state index in [0.29, 0.717) is 6.54 Å². The van der Waals surface area contributed by atoms with Crippen molar-refractivity contribution in [2.75, 3.05) is 6.54 Å². The third kappa shape index (κ3) is 3.04. The number of ether oxygens (including phenoxy) is 1. The highest BCUT2D eigenvalue weighted by molar-refractivity contribution is 5.91. The molecule has 1 aliphatic carbocycles. The van der Waals surface area contributed by atoms with Crippen molar-refractivity contribution in [1.82, 2.24) is 0 Å². The van der Waals surface area contributed by atoms with Crippen molar-refractivity contribution in [3.63, 3.8) is 0 Å². The molecule has 0 bridgehead atoms. The van der Waals surface area contributed by atoms with Gasteiger partial charge in [0.2, 0.25) is 0 Å². The molecule has 0 radical (unpaired) electrons. The van der Waals surface area contributed by atoms with Crippen LogP contribution in [0.5, 0.6) is 5.75 Å². The Labute approximate surface area is 111 Å². The number of hydrogen-bond donors (Lipinski definition) is 2. The molecule has 4 nitrogen and oxygen atoms in total. The molecule has 5 heteroatoms. The third-order valence-corrected chi connectivity index (χ3v) is 3.61. The molecule has 0 aliphatic heterocycles. The Balaban J connectivity index is 2.22. The van der Waals surface area contributed by atoms with Crippen LogP contribution in [-0.4, -0.2) is 23.7 Å². The molecule has 2 atom stereocenters. The minimum atomic E-state index is -1.31. The molecule has 1 aromatic carbocycles. The zero-order chi connectivity index (χ0) is 13.8. The van der Waals surface area contributed by atoms with Gasteiger partial charge in [-0.3, -0.25) is 0 Å². The van der Waals surface area contributed by atoms with Crippen LogP contribution in [0.3, 0.4) is 0 Å². The fourth-order valence-corrected chi connectivity index (χ4v) is 2.57. The molecule has 0 saturated heterocycles. The van der Waals surface area contributed by atoms with Gasteiger partial charge in [0.05, 0.1) is 0 Å². The maximum atomic E-state index is 13.5. The second-order valence-electron chi connectivity index (χ2n) is 4.85. The van der Waals surface area contributed by atoms with Gasteiger partial charge < -0.3 is 15.6 Å². The van der Waals surface area contributed by atoms with E-state index in [4.69, 9.17) is 15.6 Å². The van der Waals surface area contributed by atoms with E-state index in [1.165, 1.54) is 12.1 Å². The Morgan fingerprint density at radius 2 is 2.16 bits per heavy atom. The van der Waals surface area contributed by atoms with E-state index in [-0.39, 0.29) is 17.8 Å². The van der Waals surface area contributed by atoms with Crippen molar-refractivity contribution in [1.29, 1.82) is 0 Å². The van der Waals surface area contributed by atoms with Crippen molar-refractivity contribution in [3.05, 3.63) is 29.6 Å². The van der Waals surface area contributed by atoms with E-state index < -0.39 is 17.3 Å². The zero-order valence-electron chi connectivity index (χ0n) is 10.6. The molecule has 19 heavy (non-hydrogen) atoms. The lowest BCUT2D eigenvalue weighted by molar-refractivity contribution is 0.0663. The molecular weight excluding hydrogens is 249 g/mol. The topological polar surface area (TPSA) is 72.5 Å². The predicted molar refractivity (Wildman–Crippen MR) is 68.8 cm³/mol. The van der Waals surface area contributed by atoms with Gasteiger partial charge in [-0.15, -0.1) is 0 Å². The Bertz CT molecular complexity index is 464. The molecular formula is C14H18FNO3. The summed E-state index contributed by atoms with van der Waals surface area (Å²) >= 11 is 0. The van der Waals surface area contributed by atoms with Gasteiger partial charge in [0, 0.05) is 5.92 Å². The van der Waals surface area contributed by atoms with Crippen LogP contribution in [0.2, 0.25) is 0 Å². The highest BCUT2D eigenvalue weighted by Crippen LogP contribution is 2.30. The van der Waals surface area contributed by atoms with Crippen molar-refractivity contribution >= 4 is 5.97 Å². The molecule has 0 amide bonds. The lowest BCUT2D eigenvalue weighted by Gasteiger charge is -2.31. The largest absolute Gasteiger partial charge is 0.489 e. The first kappa shape index (κ1) is 13.8. The third-order valence-electron chi connectivity index (χ3n) is 3.61. The number of halogens is 1. The second-order valence-corrected chi connectivity index (χ2v) is 4.85. The van der Waals surface area contributed by atoms with E-state index in [2.05, 4.69) is 0 Å². The molecule has 1 aliphatic rings. The number of carboxylic acid groups (broad SMARTS) is 1. The van der Waals surface area contributed by atoms with Crippen molar-refractivity contribution in [3.8, 4) is 5.75 Å². The molecule has 0 aromatic heterocycles. The van der Waals surface area contributed by atoms with E-state index in [9.17, 15) is 9.18 Å². The summed E-state index contributed by atoms with van der Waals surface area (Å²) in [7, 11) is 0. The molecule has 1 saturated carbocycles. The Morgan fingerprint density at radius 3 is 2.84 bits per heavy atom. The SMILES string of the molecule is NCC1CCCCC1Oc1cccc(F)c1C(=O)O. The Morgan fingerprint density at radius 1 is 1.42 bits per heavy atom. The molecule has 0 heterocycles. The molecule has 0 spiro atoms. The maximum Gasteiger partial charge on any atom is 0.342 e. The van der Waals surface area contributed by atoms with Gasteiger partial charge in [0.15, 0.2) is 0 Å². The summed E-state index contributed by atoms with van der Waals surface area (Å²) in [6, 6.07) is 4.07. The first-order valence-electron chi connectivity index (χ1n) is 6.52. The average molecular weight is 267 g/mol.